The van der Waals surface area contributed by atoms with Crippen LogP contribution in [0.15, 0.2) is 12.1 Å². The summed E-state index contributed by atoms with van der Waals surface area (Å²) in [5.74, 6) is 1.83. The quantitative estimate of drug-likeness (QED) is 0.920. The first-order chi connectivity index (χ1) is 10.5. The highest BCUT2D eigenvalue weighted by Crippen LogP contribution is 2.59. The highest BCUT2D eigenvalue weighted by Gasteiger charge is 2.54. The standard InChI is InChI=1S/C17H19ClFNO2/c18-13-6-12(17(20)21)14(19)7-16(13)22-15-5-8-4-11(15)10-3-1-2-9(8)10/h6-11,15H,1-5H2,(H2,20,21). The van der Waals surface area contributed by atoms with Crippen LogP contribution in [0, 0.1) is 29.5 Å². The van der Waals surface area contributed by atoms with Gasteiger partial charge >= 0.3 is 0 Å². The number of benzene rings is 1. The van der Waals surface area contributed by atoms with Crippen LogP contribution in [0.25, 0.3) is 0 Å². The smallest absolute Gasteiger partial charge is 0.251 e. The molecule has 3 fully saturated rings. The topological polar surface area (TPSA) is 52.3 Å². The minimum atomic E-state index is -0.820. The first kappa shape index (κ1) is 14.3. The molecule has 4 rings (SSSR count). The van der Waals surface area contributed by atoms with Crippen LogP contribution in [0.1, 0.15) is 42.5 Å². The molecule has 2 bridgehead atoms. The van der Waals surface area contributed by atoms with Crippen LogP contribution in [0.5, 0.6) is 5.75 Å². The maximum Gasteiger partial charge on any atom is 0.251 e. The lowest BCUT2D eigenvalue weighted by Gasteiger charge is -2.32. The lowest BCUT2D eigenvalue weighted by atomic mass is 9.80. The fraction of sp³-hybridized carbons (Fsp3) is 0.588. The minimum absolute atomic E-state index is 0.126. The number of rotatable bonds is 3. The average Bonchev–Trinajstić information content (AvgIpc) is 3.13. The van der Waals surface area contributed by atoms with Gasteiger partial charge in [-0.25, -0.2) is 4.39 Å². The molecule has 22 heavy (non-hydrogen) atoms. The lowest BCUT2D eigenvalue weighted by molar-refractivity contribution is 0.0839. The van der Waals surface area contributed by atoms with E-state index in [1.165, 1.54) is 37.8 Å². The molecule has 3 saturated carbocycles. The molecule has 0 aliphatic heterocycles. The SMILES string of the molecule is NC(=O)c1cc(Cl)c(OC2CC3CC2C2CCCC32)cc1F. The van der Waals surface area contributed by atoms with Gasteiger partial charge in [-0.05, 0) is 55.4 Å². The molecule has 1 amide bonds. The summed E-state index contributed by atoms with van der Waals surface area (Å²) < 4.78 is 20.0. The predicted molar refractivity (Wildman–Crippen MR) is 81.4 cm³/mol. The van der Waals surface area contributed by atoms with Gasteiger partial charge in [0.25, 0.3) is 5.91 Å². The van der Waals surface area contributed by atoms with Gasteiger partial charge in [-0.1, -0.05) is 18.0 Å². The van der Waals surface area contributed by atoms with Gasteiger partial charge in [0.2, 0.25) is 0 Å². The maximum absolute atomic E-state index is 13.9. The van der Waals surface area contributed by atoms with Crippen LogP contribution >= 0.6 is 11.6 Å². The molecule has 5 unspecified atom stereocenters. The third-order valence-corrected chi connectivity index (χ3v) is 6.23. The summed E-state index contributed by atoms with van der Waals surface area (Å²) in [4.78, 5) is 11.1. The van der Waals surface area contributed by atoms with Gasteiger partial charge in [-0.2, -0.15) is 0 Å². The fourth-order valence-electron chi connectivity index (χ4n) is 5.11. The molecule has 5 heteroatoms. The molecule has 1 aromatic rings. The van der Waals surface area contributed by atoms with E-state index in [4.69, 9.17) is 22.1 Å². The van der Waals surface area contributed by atoms with Gasteiger partial charge in [-0.3, -0.25) is 4.79 Å². The summed E-state index contributed by atoms with van der Waals surface area (Å²) >= 11 is 6.14. The third kappa shape index (κ3) is 2.11. The summed E-state index contributed by atoms with van der Waals surface area (Å²) in [7, 11) is 0. The molecule has 0 radical (unpaired) electrons. The Kier molecular flexibility index (Phi) is 3.33. The molecule has 5 atom stereocenters. The van der Waals surface area contributed by atoms with Crippen LogP contribution in [0.2, 0.25) is 5.02 Å². The lowest BCUT2D eigenvalue weighted by Crippen LogP contribution is -2.32. The summed E-state index contributed by atoms with van der Waals surface area (Å²) in [6.07, 6.45) is 6.40. The van der Waals surface area contributed by atoms with E-state index in [1.54, 1.807) is 0 Å². The number of ether oxygens (including phenoxy) is 1. The van der Waals surface area contributed by atoms with E-state index in [0.29, 0.717) is 11.7 Å². The second-order valence-electron chi connectivity index (χ2n) is 6.94. The van der Waals surface area contributed by atoms with E-state index in [-0.39, 0.29) is 16.7 Å². The minimum Gasteiger partial charge on any atom is -0.488 e. The number of hydrogen-bond donors (Lipinski definition) is 1. The molecule has 118 valence electrons. The number of fused-ring (bicyclic) bond motifs is 5. The molecule has 3 aliphatic rings. The molecule has 3 aliphatic carbocycles. The Balaban J connectivity index is 1.55. The van der Waals surface area contributed by atoms with E-state index in [9.17, 15) is 9.18 Å². The van der Waals surface area contributed by atoms with Crippen molar-refractivity contribution < 1.29 is 13.9 Å². The summed E-state index contributed by atoms with van der Waals surface area (Å²) in [6.45, 7) is 0. The zero-order chi connectivity index (χ0) is 15.4. The van der Waals surface area contributed by atoms with E-state index < -0.39 is 11.7 Å². The zero-order valence-electron chi connectivity index (χ0n) is 12.2. The summed E-state index contributed by atoms with van der Waals surface area (Å²) in [6, 6.07) is 2.46. The second kappa shape index (κ2) is 5.12. The summed E-state index contributed by atoms with van der Waals surface area (Å²) in [5.41, 5.74) is 4.93. The highest BCUT2D eigenvalue weighted by molar-refractivity contribution is 6.32. The number of primary amides is 1. The molecular formula is C17H19ClFNO2. The number of halogens is 2. The molecule has 0 heterocycles. The number of carbonyl (C=O) groups is 1. The van der Waals surface area contributed by atoms with Crippen LogP contribution in [0.4, 0.5) is 4.39 Å². The monoisotopic (exact) mass is 323 g/mol. The van der Waals surface area contributed by atoms with E-state index >= 15 is 0 Å². The molecule has 2 N–H and O–H groups in total. The third-order valence-electron chi connectivity index (χ3n) is 5.93. The van der Waals surface area contributed by atoms with E-state index in [1.807, 2.05) is 0 Å². The van der Waals surface area contributed by atoms with Crippen molar-refractivity contribution in [1.29, 1.82) is 0 Å². The Bertz CT molecular complexity index is 635. The van der Waals surface area contributed by atoms with E-state index in [2.05, 4.69) is 0 Å². The highest BCUT2D eigenvalue weighted by atomic mass is 35.5. The number of hydrogen-bond acceptors (Lipinski definition) is 2. The molecule has 0 saturated heterocycles. The van der Waals surface area contributed by atoms with Gasteiger partial charge in [0, 0.05) is 6.07 Å². The van der Waals surface area contributed by atoms with Crippen molar-refractivity contribution in [2.24, 2.45) is 29.4 Å². The Morgan fingerprint density at radius 2 is 2.00 bits per heavy atom. The van der Waals surface area contributed by atoms with Crippen molar-refractivity contribution in [3.8, 4) is 5.75 Å². The molecular weight excluding hydrogens is 305 g/mol. The Hall–Kier alpha value is -1.29. The van der Waals surface area contributed by atoms with Crippen molar-refractivity contribution in [3.63, 3.8) is 0 Å². The molecule has 1 aromatic carbocycles. The Morgan fingerprint density at radius 1 is 1.23 bits per heavy atom. The largest absolute Gasteiger partial charge is 0.488 e. The van der Waals surface area contributed by atoms with Crippen LogP contribution in [0.3, 0.4) is 0 Å². The first-order valence-corrected chi connectivity index (χ1v) is 8.38. The van der Waals surface area contributed by atoms with Crippen molar-refractivity contribution in [2.45, 2.75) is 38.2 Å². The van der Waals surface area contributed by atoms with Crippen molar-refractivity contribution in [3.05, 3.63) is 28.5 Å². The zero-order valence-corrected chi connectivity index (χ0v) is 13.0. The van der Waals surface area contributed by atoms with Gasteiger partial charge in [0.05, 0.1) is 10.6 Å². The van der Waals surface area contributed by atoms with Gasteiger partial charge in [0.1, 0.15) is 17.7 Å². The molecule has 3 nitrogen and oxygen atoms in total. The van der Waals surface area contributed by atoms with Crippen molar-refractivity contribution in [2.75, 3.05) is 0 Å². The first-order valence-electron chi connectivity index (χ1n) is 8.00. The summed E-state index contributed by atoms with van der Waals surface area (Å²) in [5, 5.41) is 0.251. The van der Waals surface area contributed by atoms with Crippen LogP contribution < -0.4 is 10.5 Å². The van der Waals surface area contributed by atoms with Gasteiger partial charge < -0.3 is 10.5 Å². The Labute approximate surface area is 134 Å². The van der Waals surface area contributed by atoms with Crippen molar-refractivity contribution >= 4 is 17.5 Å². The number of amides is 1. The van der Waals surface area contributed by atoms with E-state index in [0.717, 1.165) is 24.2 Å². The number of carbonyl (C=O) groups excluding carboxylic acids is 1. The number of nitrogens with two attached hydrogens (primary N) is 1. The normalized spacial score (nSPS) is 35.6. The van der Waals surface area contributed by atoms with Crippen LogP contribution in [-0.4, -0.2) is 12.0 Å². The van der Waals surface area contributed by atoms with Crippen LogP contribution in [-0.2, 0) is 0 Å². The maximum atomic E-state index is 13.9. The van der Waals surface area contributed by atoms with Gasteiger partial charge in [0.15, 0.2) is 0 Å². The van der Waals surface area contributed by atoms with Gasteiger partial charge in [-0.15, -0.1) is 0 Å². The molecule has 0 spiro atoms. The van der Waals surface area contributed by atoms with Crippen molar-refractivity contribution in [1.82, 2.24) is 0 Å². The Morgan fingerprint density at radius 3 is 2.77 bits per heavy atom. The second-order valence-corrected chi connectivity index (χ2v) is 7.34. The molecule has 0 aromatic heterocycles. The predicted octanol–water partition coefficient (Wildman–Crippen LogP) is 3.78. The average molecular weight is 324 g/mol. The fourth-order valence-corrected chi connectivity index (χ4v) is 5.32.